The van der Waals surface area contributed by atoms with Crippen molar-refractivity contribution >= 4 is 11.7 Å². The number of rotatable bonds is 7. The van der Waals surface area contributed by atoms with E-state index < -0.39 is 0 Å². The zero-order valence-corrected chi connectivity index (χ0v) is 19.5. The molecule has 1 fully saturated rings. The first-order valence-electron chi connectivity index (χ1n) is 11.8. The molecule has 32 heavy (non-hydrogen) atoms. The van der Waals surface area contributed by atoms with Gasteiger partial charge in [-0.3, -0.25) is 9.69 Å². The summed E-state index contributed by atoms with van der Waals surface area (Å²) >= 11 is 0. The van der Waals surface area contributed by atoms with Crippen molar-refractivity contribution in [2.45, 2.75) is 40.0 Å². The summed E-state index contributed by atoms with van der Waals surface area (Å²) in [7, 11) is 0. The minimum Gasteiger partial charge on any atom is -0.492 e. The standard InChI is InChI=1S/C26H35N3O3/c1-18-16-24(32-15-12-29-10-13-31-14-11-29)20(3)23-17-21(7-8-22(18)23)19(2)26(30)28-25-6-4-5-9-27-25/h4-6,9,16,19,21H,7-8,10-15,17H2,1-3H3,(H,27,28,30). The molecule has 2 atom stereocenters. The van der Waals surface area contributed by atoms with Crippen LogP contribution in [0.1, 0.15) is 35.6 Å². The summed E-state index contributed by atoms with van der Waals surface area (Å²) in [5.41, 5.74) is 5.35. The van der Waals surface area contributed by atoms with Gasteiger partial charge >= 0.3 is 0 Å². The highest BCUT2D eigenvalue weighted by atomic mass is 16.5. The maximum Gasteiger partial charge on any atom is 0.228 e. The Morgan fingerprint density at radius 2 is 2.09 bits per heavy atom. The molecule has 172 valence electrons. The number of amides is 1. The Balaban J connectivity index is 1.41. The molecule has 2 heterocycles. The molecule has 6 nitrogen and oxygen atoms in total. The molecule has 1 aromatic carbocycles. The van der Waals surface area contributed by atoms with Crippen LogP contribution in [0.2, 0.25) is 0 Å². The van der Waals surface area contributed by atoms with Crippen LogP contribution in [0.3, 0.4) is 0 Å². The summed E-state index contributed by atoms with van der Waals surface area (Å²) in [5.74, 6) is 1.89. The molecule has 1 aliphatic carbocycles. The maximum absolute atomic E-state index is 12.8. The number of carbonyl (C=O) groups is 1. The van der Waals surface area contributed by atoms with E-state index in [2.05, 4.69) is 35.1 Å². The summed E-state index contributed by atoms with van der Waals surface area (Å²) in [6, 6.07) is 7.76. The van der Waals surface area contributed by atoms with Crippen molar-refractivity contribution in [1.29, 1.82) is 0 Å². The van der Waals surface area contributed by atoms with Crippen molar-refractivity contribution in [1.82, 2.24) is 9.88 Å². The zero-order valence-electron chi connectivity index (χ0n) is 19.5. The van der Waals surface area contributed by atoms with Gasteiger partial charge in [-0.1, -0.05) is 13.0 Å². The lowest BCUT2D eigenvalue weighted by atomic mass is 9.74. The molecule has 1 saturated heterocycles. The Kier molecular flexibility index (Phi) is 7.43. The topological polar surface area (TPSA) is 63.7 Å². The Morgan fingerprint density at radius 3 is 2.84 bits per heavy atom. The summed E-state index contributed by atoms with van der Waals surface area (Å²) in [6.45, 7) is 11.6. The van der Waals surface area contributed by atoms with Crippen LogP contribution in [0, 0.1) is 25.7 Å². The van der Waals surface area contributed by atoms with E-state index in [1.54, 1.807) is 6.20 Å². The highest BCUT2D eigenvalue weighted by Crippen LogP contribution is 2.38. The van der Waals surface area contributed by atoms with Crippen LogP contribution >= 0.6 is 0 Å². The first-order chi connectivity index (χ1) is 15.5. The van der Waals surface area contributed by atoms with Gasteiger partial charge in [0.25, 0.3) is 0 Å². The van der Waals surface area contributed by atoms with E-state index in [0.717, 1.165) is 57.9 Å². The zero-order chi connectivity index (χ0) is 22.5. The molecular formula is C26H35N3O3. The highest BCUT2D eigenvalue weighted by Gasteiger charge is 2.30. The highest BCUT2D eigenvalue weighted by molar-refractivity contribution is 5.91. The van der Waals surface area contributed by atoms with Crippen molar-refractivity contribution in [3.8, 4) is 5.75 Å². The number of fused-ring (bicyclic) bond motifs is 1. The summed E-state index contributed by atoms with van der Waals surface area (Å²) in [5, 5.41) is 2.97. The number of benzene rings is 1. The third-order valence-corrected chi connectivity index (χ3v) is 7.05. The van der Waals surface area contributed by atoms with Crippen LogP contribution in [-0.2, 0) is 22.4 Å². The maximum atomic E-state index is 12.8. The van der Waals surface area contributed by atoms with Gasteiger partial charge in [0.2, 0.25) is 5.91 Å². The number of nitrogens with one attached hydrogen (secondary N) is 1. The fraction of sp³-hybridized carbons (Fsp3) is 0.538. The lowest BCUT2D eigenvalue weighted by molar-refractivity contribution is -0.121. The van der Waals surface area contributed by atoms with Gasteiger partial charge in [-0.05, 0) is 79.5 Å². The molecule has 4 rings (SSSR count). The molecule has 0 spiro atoms. The molecule has 0 bridgehead atoms. The Morgan fingerprint density at radius 1 is 1.28 bits per heavy atom. The van der Waals surface area contributed by atoms with Crippen molar-refractivity contribution in [2.75, 3.05) is 44.8 Å². The molecule has 0 saturated carbocycles. The number of aryl methyl sites for hydroxylation is 1. The monoisotopic (exact) mass is 437 g/mol. The second-order valence-electron chi connectivity index (χ2n) is 9.07. The fourth-order valence-electron chi connectivity index (χ4n) is 4.90. The van der Waals surface area contributed by atoms with Crippen molar-refractivity contribution in [2.24, 2.45) is 11.8 Å². The quantitative estimate of drug-likeness (QED) is 0.714. The number of ether oxygens (including phenoxy) is 2. The molecule has 1 N–H and O–H groups in total. The van der Waals surface area contributed by atoms with Crippen LogP contribution in [0.15, 0.2) is 30.5 Å². The second kappa shape index (κ2) is 10.5. The molecule has 6 heteroatoms. The van der Waals surface area contributed by atoms with Crippen LogP contribution in [-0.4, -0.2) is 55.2 Å². The predicted molar refractivity (Wildman–Crippen MR) is 126 cm³/mol. The van der Waals surface area contributed by atoms with E-state index in [-0.39, 0.29) is 11.8 Å². The smallest absolute Gasteiger partial charge is 0.228 e. The lowest BCUT2D eigenvalue weighted by Gasteiger charge is -2.32. The summed E-state index contributed by atoms with van der Waals surface area (Å²) < 4.78 is 11.7. The number of aromatic nitrogens is 1. The molecule has 0 radical (unpaired) electrons. The number of hydrogen-bond acceptors (Lipinski definition) is 5. The van der Waals surface area contributed by atoms with Gasteiger partial charge in [-0.2, -0.15) is 0 Å². The third-order valence-electron chi connectivity index (χ3n) is 7.05. The Labute approximate surface area is 191 Å². The van der Waals surface area contributed by atoms with Crippen LogP contribution < -0.4 is 10.1 Å². The van der Waals surface area contributed by atoms with Gasteiger partial charge in [0.15, 0.2) is 0 Å². The predicted octanol–water partition coefficient (Wildman–Crippen LogP) is 3.79. The first kappa shape index (κ1) is 22.7. The largest absolute Gasteiger partial charge is 0.492 e. The number of hydrogen-bond donors (Lipinski definition) is 1. The van der Waals surface area contributed by atoms with Crippen LogP contribution in [0.25, 0.3) is 0 Å². The second-order valence-corrected chi connectivity index (χ2v) is 9.07. The Bertz CT molecular complexity index is 926. The van der Waals surface area contributed by atoms with E-state index in [4.69, 9.17) is 9.47 Å². The van der Waals surface area contributed by atoms with Crippen molar-refractivity contribution in [3.05, 3.63) is 52.7 Å². The van der Waals surface area contributed by atoms with E-state index in [1.165, 1.54) is 22.3 Å². The molecule has 2 aliphatic rings. The van der Waals surface area contributed by atoms with E-state index in [1.807, 2.05) is 25.1 Å². The van der Waals surface area contributed by atoms with Crippen LogP contribution in [0.4, 0.5) is 5.82 Å². The average Bonchev–Trinajstić information content (AvgIpc) is 2.82. The van der Waals surface area contributed by atoms with E-state index in [9.17, 15) is 4.79 Å². The number of anilines is 1. The average molecular weight is 438 g/mol. The third kappa shape index (κ3) is 5.30. The Hall–Kier alpha value is -2.44. The molecule has 1 aromatic heterocycles. The van der Waals surface area contributed by atoms with Gasteiger partial charge in [-0.25, -0.2) is 4.98 Å². The number of pyridine rings is 1. The minimum absolute atomic E-state index is 0.0458. The van der Waals surface area contributed by atoms with Crippen molar-refractivity contribution < 1.29 is 14.3 Å². The lowest BCUT2D eigenvalue weighted by Crippen LogP contribution is -2.38. The normalized spacial score (nSPS) is 19.8. The molecule has 1 amide bonds. The fourth-order valence-corrected chi connectivity index (χ4v) is 4.90. The van der Waals surface area contributed by atoms with Gasteiger partial charge < -0.3 is 14.8 Å². The van der Waals surface area contributed by atoms with Crippen molar-refractivity contribution in [3.63, 3.8) is 0 Å². The molecule has 1 aliphatic heterocycles. The van der Waals surface area contributed by atoms with Crippen LogP contribution in [0.5, 0.6) is 5.75 Å². The van der Waals surface area contributed by atoms with Gasteiger partial charge in [0, 0.05) is 31.7 Å². The van der Waals surface area contributed by atoms with E-state index in [0.29, 0.717) is 18.3 Å². The number of nitrogens with zero attached hydrogens (tertiary/aromatic N) is 2. The molecular weight excluding hydrogens is 402 g/mol. The van der Waals surface area contributed by atoms with E-state index >= 15 is 0 Å². The minimum atomic E-state index is -0.0734. The van der Waals surface area contributed by atoms with Gasteiger partial charge in [0.05, 0.1) is 13.2 Å². The summed E-state index contributed by atoms with van der Waals surface area (Å²) in [6.07, 6.45) is 4.66. The number of morpholine rings is 1. The first-order valence-corrected chi connectivity index (χ1v) is 11.8. The number of carbonyl (C=O) groups excluding carboxylic acids is 1. The summed E-state index contributed by atoms with van der Waals surface area (Å²) in [4.78, 5) is 19.5. The molecule has 2 aromatic rings. The molecule has 2 unspecified atom stereocenters. The SMILES string of the molecule is Cc1cc(OCCN2CCOCC2)c(C)c2c1CCC(C(C)C(=O)Nc1ccccn1)C2. The van der Waals surface area contributed by atoms with Gasteiger partial charge in [-0.15, -0.1) is 0 Å². The van der Waals surface area contributed by atoms with Gasteiger partial charge in [0.1, 0.15) is 18.2 Å².